The van der Waals surface area contributed by atoms with Crippen molar-refractivity contribution >= 4 is 21.9 Å². The average molecular weight is 397 g/mol. The van der Waals surface area contributed by atoms with E-state index in [0.29, 0.717) is 12.8 Å². The molecule has 1 aromatic rings. The molecule has 3 N–H and O–H groups in total. The number of aliphatic carboxylic acids is 1. The summed E-state index contributed by atoms with van der Waals surface area (Å²) in [7, 11) is -3.69. The molecule has 7 nitrogen and oxygen atoms in total. The molecule has 27 heavy (non-hydrogen) atoms. The first-order valence-electron chi connectivity index (χ1n) is 9.15. The van der Waals surface area contributed by atoms with Crippen LogP contribution < -0.4 is 10.0 Å². The smallest absolute Gasteiger partial charge is 0.329 e. The molecule has 0 saturated heterocycles. The lowest BCUT2D eigenvalue weighted by molar-refractivity contribution is -0.145. The second-order valence-corrected chi connectivity index (χ2v) is 9.82. The summed E-state index contributed by atoms with van der Waals surface area (Å²) in [5, 5.41) is 12.3. The first-order chi connectivity index (χ1) is 12.5. The summed E-state index contributed by atoms with van der Waals surface area (Å²) in [6, 6.07) is 5.50. The fourth-order valence-electron chi connectivity index (χ4n) is 3.26. The molecule has 0 spiro atoms. The lowest BCUT2D eigenvalue weighted by atomic mass is 9.90. The number of carbonyl (C=O) groups excluding carboxylic acids is 1. The zero-order chi connectivity index (χ0) is 20.3. The predicted octanol–water partition coefficient (Wildman–Crippen LogP) is 2.67. The van der Waals surface area contributed by atoms with Gasteiger partial charge >= 0.3 is 5.97 Å². The topological polar surface area (TPSA) is 113 Å². The van der Waals surface area contributed by atoms with Gasteiger partial charge in [-0.3, -0.25) is 4.79 Å². The highest BCUT2D eigenvalue weighted by atomic mass is 32.2. The van der Waals surface area contributed by atoms with Gasteiger partial charge in [-0.1, -0.05) is 25.7 Å². The van der Waals surface area contributed by atoms with Gasteiger partial charge in [0.25, 0.3) is 5.91 Å². The Bertz CT molecular complexity index is 786. The number of carbonyl (C=O) groups is 2. The fourth-order valence-corrected chi connectivity index (χ4v) is 4.68. The first-order valence-corrected chi connectivity index (χ1v) is 10.6. The van der Waals surface area contributed by atoms with Crippen molar-refractivity contribution in [1.82, 2.24) is 10.0 Å². The van der Waals surface area contributed by atoms with Gasteiger partial charge in [0.2, 0.25) is 10.0 Å². The molecule has 0 aromatic heterocycles. The number of rotatable bonds is 5. The minimum absolute atomic E-state index is 0.0522. The molecule has 1 amide bonds. The summed E-state index contributed by atoms with van der Waals surface area (Å²) in [5.74, 6) is -1.53. The van der Waals surface area contributed by atoms with Gasteiger partial charge in [-0.25, -0.2) is 17.9 Å². The fraction of sp³-hybridized carbons (Fsp3) is 0.579. The quantitative estimate of drug-likeness (QED) is 0.662. The van der Waals surface area contributed by atoms with E-state index >= 15 is 0 Å². The van der Waals surface area contributed by atoms with E-state index in [1.807, 2.05) is 0 Å². The summed E-state index contributed by atoms with van der Waals surface area (Å²) in [4.78, 5) is 24.4. The van der Waals surface area contributed by atoms with E-state index in [0.717, 1.165) is 25.7 Å². The largest absolute Gasteiger partial charge is 0.480 e. The van der Waals surface area contributed by atoms with Gasteiger partial charge in [0.05, 0.1) is 4.90 Å². The van der Waals surface area contributed by atoms with Crippen molar-refractivity contribution < 1.29 is 23.1 Å². The van der Waals surface area contributed by atoms with E-state index in [9.17, 15) is 23.1 Å². The van der Waals surface area contributed by atoms with E-state index in [1.54, 1.807) is 20.8 Å². The lowest BCUT2D eigenvalue weighted by Gasteiger charge is -2.29. The molecule has 1 aliphatic carbocycles. The van der Waals surface area contributed by atoms with E-state index in [4.69, 9.17) is 0 Å². The standard InChI is InChI=1S/C19H28N2O5S/c1-18(2,3)21-27(25,26)15-10-8-14(9-11-15)16(22)20-19(17(23)24)12-6-4-5-7-13-19/h8-11,21H,4-7,12-13H2,1-3H3,(H,20,22)(H,23,24). The van der Waals surface area contributed by atoms with Crippen LogP contribution in [0.2, 0.25) is 0 Å². The molecule has 0 radical (unpaired) electrons. The van der Waals surface area contributed by atoms with Crippen molar-refractivity contribution in [3.63, 3.8) is 0 Å². The Morgan fingerprint density at radius 3 is 1.96 bits per heavy atom. The number of benzene rings is 1. The molecular weight excluding hydrogens is 368 g/mol. The van der Waals surface area contributed by atoms with Crippen LogP contribution in [-0.2, 0) is 14.8 Å². The summed E-state index contributed by atoms with van der Waals surface area (Å²) in [6.07, 6.45) is 4.22. The van der Waals surface area contributed by atoms with Crippen LogP contribution in [0.15, 0.2) is 29.2 Å². The molecule has 0 aliphatic heterocycles. The van der Waals surface area contributed by atoms with E-state index < -0.39 is 33.0 Å². The van der Waals surface area contributed by atoms with Gasteiger partial charge in [0.1, 0.15) is 5.54 Å². The third-order valence-corrected chi connectivity index (χ3v) is 6.36. The number of nitrogens with one attached hydrogen (secondary N) is 2. The van der Waals surface area contributed by atoms with Gasteiger partial charge in [-0.05, 0) is 57.9 Å². The molecule has 1 fully saturated rings. The third-order valence-electron chi connectivity index (χ3n) is 4.59. The molecule has 0 atom stereocenters. The van der Waals surface area contributed by atoms with Crippen LogP contribution in [-0.4, -0.2) is 36.5 Å². The van der Waals surface area contributed by atoms with Crippen LogP contribution in [0.3, 0.4) is 0 Å². The van der Waals surface area contributed by atoms with Crippen LogP contribution in [0.5, 0.6) is 0 Å². The minimum atomic E-state index is -3.69. The van der Waals surface area contributed by atoms with Crippen LogP contribution in [0.25, 0.3) is 0 Å². The molecular formula is C19H28N2O5S. The number of hydrogen-bond donors (Lipinski definition) is 3. The Morgan fingerprint density at radius 2 is 1.52 bits per heavy atom. The summed E-state index contributed by atoms with van der Waals surface area (Å²) >= 11 is 0. The summed E-state index contributed by atoms with van der Waals surface area (Å²) in [5.41, 5.74) is -1.65. The van der Waals surface area contributed by atoms with Gasteiger partial charge in [-0.15, -0.1) is 0 Å². The van der Waals surface area contributed by atoms with Crippen LogP contribution in [0.1, 0.15) is 69.7 Å². The monoisotopic (exact) mass is 396 g/mol. The third kappa shape index (κ3) is 5.52. The first kappa shape index (κ1) is 21.4. The maximum absolute atomic E-state index is 12.6. The Hall–Kier alpha value is -1.93. The molecule has 2 rings (SSSR count). The minimum Gasteiger partial charge on any atom is -0.480 e. The number of carboxylic acids is 1. The lowest BCUT2D eigenvalue weighted by Crippen LogP contribution is -2.54. The number of amides is 1. The number of hydrogen-bond acceptors (Lipinski definition) is 4. The van der Waals surface area contributed by atoms with Crippen LogP contribution in [0.4, 0.5) is 0 Å². The van der Waals surface area contributed by atoms with Crippen molar-refractivity contribution in [1.29, 1.82) is 0 Å². The summed E-state index contributed by atoms with van der Waals surface area (Å²) in [6.45, 7) is 5.22. The molecule has 1 aliphatic rings. The second kappa shape index (κ2) is 7.98. The molecule has 150 valence electrons. The highest BCUT2D eigenvalue weighted by Gasteiger charge is 2.40. The van der Waals surface area contributed by atoms with Crippen LogP contribution >= 0.6 is 0 Å². The summed E-state index contributed by atoms with van der Waals surface area (Å²) < 4.78 is 27.2. The number of sulfonamides is 1. The maximum atomic E-state index is 12.6. The highest BCUT2D eigenvalue weighted by molar-refractivity contribution is 7.89. The van der Waals surface area contributed by atoms with E-state index in [1.165, 1.54) is 24.3 Å². The zero-order valence-electron chi connectivity index (χ0n) is 16.0. The van der Waals surface area contributed by atoms with Crippen molar-refractivity contribution in [3.8, 4) is 0 Å². The van der Waals surface area contributed by atoms with Gasteiger partial charge < -0.3 is 10.4 Å². The Kier molecular flexibility index (Phi) is 6.32. The van der Waals surface area contributed by atoms with E-state index in [2.05, 4.69) is 10.0 Å². The van der Waals surface area contributed by atoms with Gasteiger partial charge in [0, 0.05) is 11.1 Å². The maximum Gasteiger partial charge on any atom is 0.329 e. The van der Waals surface area contributed by atoms with E-state index in [-0.39, 0.29) is 10.5 Å². The SMILES string of the molecule is CC(C)(C)NS(=O)(=O)c1ccc(C(=O)NC2(C(=O)O)CCCCCC2)cc1. The predicted molar refractivity (Wildman–Crippen MR) is 102 cm³/mol. The highest BCUT2D eigenvalue weighted by Crippen LogP contribution is 2.28. The zero-order valence-corrected chi connectivity index (χ0v) is 16.9. The Morgan fingerprint density at radius 1 is 1.00 bits per heavy atom. The van der Waals surface area contributed by atoms with Crippen molar-refractivity contribution in [2.75, 3.05) is 0 Å². The molecule has 8 heteroatoms. The molecule has 0 bridgehead atoms. The average Bonchev–Trinajstić information content (AvgIpc) is 2.79. The Labute approximate surface area is 160 Å². The number of carboxylic acid groups (broad SMARTS) is 1. The van der Waals surface area contributed by atoms with Crippen molar-refractivity contribution in [3.05, 3.63) is 29.8 Å². The van der Waals surface area contributed by atoms with Crippen molar-refractivity contribution in [2.24, 2.45) is 0 Å². The van der Waals surface area contributed by atoms with Crippen LogP contribution in [0, 0.1) is 0 Å². The second-order valence-electron chi connectivity index (χ2n) is 8.14. The molecule has 1 aromatic carbocycles. The molecule has 1 saturated carbocycles. The normalized spacial score (nSPS) is 17.7. The van der Waals surface area contributed by atoms with Gasteiger partial charge in [-0.2, -0.15) is 0 Å². The van der Waals surface area contributed by atoms with Crippen molar-refractivity contribution in [2.45, 2.75) is 75.3 Å². The Balaban J connectivity index is 2.18. The van der Waals surface area contributed by atoms with Gasteiger partial charge in [0.15, 0.2) is 0 Å². The molecule has 0 unspecified atom stereocenters. The molecule has 0 heterocycles.